The standard InChI is InChI=1S/C27H46N2O5S/c1-20(2)11-8-12-21(3)13-9-14-22(4)16-18-35-19-23(25(31)32)29-24(30)15-10-17-28-26(33)34-27(5,6)7/h11,13,16,23H,8-10,12,14-15,17-19H2,1-7H3,(H,28,33)(H,29,30)(H,31,32)/b21-13+,22-16+/t23-/m0/s1. The van der Waals surface area contributed by atoms with Gasteiger partial charge in [0.15, 0.2) is 0 Å². The molecule has 0 saturated heterocycles. The lowest BCUT2D eigenvalue weighted by Gasteiger charge is -2.19. The summed E-state index contributed by atoms with van der Waals surface area (Å²) < 4.78 is 5.13. The second kappa shape index (κ2) is 18.1. The number of ether oxygens (including phenoxy) is 1. The van der Waals surface area contributed by atoms with Gasteiger partial charge >= 0.3 is 12.1 Å². The van der Waals surface area contributed by atoms with E-state index in [1.54, 1.807) is 20.8 Å². The van der Waals surface area contributed by atoms with Crippen molar-refractivity contribution in [1.82, 2.24) is 10.6 Å². The van der Waals surface area contributed by atoms with Crippen molar-refractivity contribution in [3.05, 3.63) is 34.9 Å². The van der Waals surface area contributed by atoms with E-state index in [2.05, 4.69) is 56.6 Å². The molecule has 0 aromatic rings. The normalized spacial score (nSPS) is 13.1. The molecule has 0 bridgehead atoms. The van der Waals surface area contributed by atoms with Crippen LogP contribution in [0.5, 0.6) is 0 Å². The maximum atomic E-state index is 12.1. The Morgan fingerprint density at radius 3 is 2.11 bits per heavy atom. The minimum atomic E-state index is -1.05. The number of amides is 2. The lowest BCUT2D eigenvalue weighted by molar-refractivity contribution is -0.141. The van der Waals surface area contributed by atoms with Crippen molar-refractivity contribution >= 4 is 29.7 Å². The molecule has 0 aliphatic rings. The Labute approximate surface area is 216 Å². The topological polar surface area (TPSA) is 105 Å². The molecule has 0 aromatic carbocycles. The third-order valence-electron chi connectivity index (χ3n) is 4.84. The second-order valence-corrected chi connectivity index (χ2v) is 11.1. The Morgan fingerprint density at radius 1 is 0.943 bits per heavy atom. The number of nitrogens with one attached hydrogen (secondary N) is 2. The molecule has 3 N–H and O–H groups in total. The lowest BCUT2D eigenvalue weighted by Crippen LogP contribution is -2.42. The molecule has 0 aromatic heterocycles. The van der Waals surface area contributed by atoms with Crippen LogP contribution in [-0.2, 0) is 14.3 Å². The van der Waals surface area contributed by atoms with Crippen molar-refractivity contribution in [3.63, 3.8) is 0 Å². The quantitative estimate of drug-likeness (QED) is 0.173. The van der Waals surface area contributed by atoms with Crippen LogP contribution in [0.25, 0.3) is 0 Å². The summed E-state index contributed by atoms with van der Waals surface area (Å²) in [7, 11) is 0. The molecule has 0 unspecified atom stereocenters. The van der Waals surface area contributed by atoms with E-state index in [9.17, 15) is 19.5 Å². The molecule has 0 radical (unpaired) electrons. The second-order valence-electron chi connectivity index (χ2n) is 9.99. The molecular weight excluding hydrogens is 464 g/mol. The highest BCUT2D eigenvalue weighted by Gasteiger charge is 2.20. The molecule has 0 heterocycles. The number of rotatable bonds is 16. The monoisotopic (exact) mass is 510 g/mol. The van der Waals surface area contributed by atoms with Gasteiger partial charge in [0, 0.05) is 24.5 Å². The first-order valence-corrected chi connectivity index (χ1v) is 13.5. The Kier molecular flexibility index (Phi) is 17.0. The summed E-state index contributed by atoms with van der Waals surface area (Å²) in [6, 6.07) is -0.939. The Bertz CT molecular complexity index is 762. The molecule has 0 rings (SSSR count). The van der Waals surface area contributed by atoms with Gasteiger partial charge in [0.25, 0.3) is 0 Å². The summed E-state index contributed by atoms with van der Waals surface area (Å²) >= 11 is 1.48. The van der Waals surface area contributed by atoms with Gasteiger partial charge in [-0.15, -0.1) is 0 Å². The number of carbonyl (C=O) groups excluding carboxylic acids is 2. The number of aliphatic carboxylic acids is 1. The van der Waals surface area contributed by atoms with E-state index in [0.717, 1.165) is 25.7 Å². The van der Waals surface area contributed by atoms with E-state index in [0.29, 0.717) is 17.9 Å². The van der Waals surface area contributed by atoms with E-state index >= 15 is 0 Å². The van der Waals surface area contributed by atoms with Crippen molar-refractivity contribution in [1.29, 1.82) is 0 Å². The summed E-state index contributed by atoms with van der Waals surface area (Å²) in [5.41, 5.74) is 3.46. The van der Waals surface area contributed by atoms with Gasteiger partial charge in [0.2, 0.25) is 5.91 Å². The number of allylic oxidation sites excluding steroid dienone is 5. The van der Waals surface area contributed by atoms with Crippen LogP contribution in [0, 0.1) is 0 Å². The van der Waals surface area contributed by atoms with Crippen LogP contribution < -0.4 is 10.6 Å². The smallest absolute Gasteiger partial charge is 0.407 e. The maximum Gasteiger partial charge on any atom is 0.407 e. The number of carbonyl (C=O) groups is 3. The third-order valence-corrected chi connectivity index (χ3v) is 5.81. The summed E-state index contributed by atoms with van der Waals surface area (Å²) in [6.45, 7) is 14.1. The van der Waals surface area contributed by atoms with Gasteiger partial charge in [0.1, 0.15) is 11.6 Å². The van der Waals surface area contributed by atoms with Crippen LogP contribution in [0.1, 0.15) is 87.0 Å². The zero-order valence-electron chi connectivity index (χ0n) is 22.7. The van der Waals surface area contributed by atoms with Crippen LogP contribution in [0.4, 0.5) is 4.79 Å². The minimum Gasteiger partial charge on any atom is -0.480 e. The highest BCUT2D eigenvalue weighted by molar-refractivity contribution is 7.99. The third kappa shape index (κ3) is 20.8. The summed E-state index contributed by atoms with van der Waals surface area (Å²) in [5, 5.41) is 14.6. The summed E-state index contributed by atoms with van der Waals surface area (Å²) in [4.78, 5) is 35.2. The van der Waals surface area contributed by atoms with Gasteiger partial charge in [-0.3, -0.25) is 4.79 Å². The first-order chi connectivity index (χ1) is 16.3. The zero-order valence-corrected chi connectivity index (χ0v) is 23.5. The van der Waals surface area contributed by atoms with Gasteiger partial charge in [-0.05, 0) is 80.6 Å². The highest BCUT2D eigenvalue weighted by atomic mass is 32.2. The molecule has 35 heavy (non-hydrogen) atoms. The number of thioether (sulfide) groups is 1. The SMILES string of the molecule is CC(C)=CCC/C(C)=C/CC/C(C)=C/CSC[C@H](NC(=O)CCCNC(=O)OC(C)(C)C)C(=O)O. The lowest BCUT2D eigenvalue weighted by atomic mass is 10.1. The fraction of sp³-hybridized carbons (Fsp3) is 0.667. The predicted octanol–water partition coefficient (Wildman–Crippen LogP) is 6.01. The first-order valence-electron chi connectivity index (χ1n) is 12.3. The van der Waals surface area contributed by atoms with E-state index in [4.69, 9.17) is 4.74 Å². The molecule has 0 saturated carbocycles. The van der Waals surface area contributed by atoms with Gasteiger partial charge < -0.3 is 20.5 Å². The average molecular weight is 511 g/mol. The highest BCUT2D eigenvalue weighted by Crippen LogP contribution is 2.13. The van der Waals surface area contributed by atoms with E-state index in [1.165, 1.54) is 28.5 Å². The Hall–Kier alpha value is -2.22. The molecule has 8 heteroatoms. The van der Waals surface area contributed by atoms with Crippen molar-refractivity contribution < 1.29 is 24.2 Å². The number of hydrogen-bond acceptors (Lipinski definition) is 5. The molecule has 0 aliphatic carbocycles. The Morgan fingerprint density at radius 2 is 1.54 bits per heavy atom. The number of hydrogen-bond donors (Lipinski definition) is 3. The minimum absolute atomic E-state index is 0.129. The van der Waals surface area contributed by atoms with Crippen LogP contribution >= 0.6 is 11.8 Å². The average Bonchev–Trinajstić information content (AvgIpc) is 2.71. The Balaban J connectivity index is 4.21. The predicted molar refractivity (Wildman–Crippen MR) is 146 cm³/mol. The molecule has 0 spiro atoms. The molecule has 2 amide bonds. The molecule has 1 atom stereocenters. The molecular formula is C27H46N2O5S. The molecule has 0 fully saturated rings. The number of carboxylic acid groups (broad SMARTS) is 1. The number of alkyl carbamates (subject to hydrolysis) is 1. The van der Waals surface area contributed by atoms with Crippen LogP contribution in [0.3, 0.4) is 0 Å². The van der Waals surface area contributed by atoms with Gasteiger partial charge in [-0.2, -0.15) is 11.8 Å². The van der Waals surface area contributed by atoms with E-state index in [1.807, 2.05) is 0 Å². The fourth-order valence-corrected chi connectivity index (χ4v) is 3.92. The summed E-state index contributed by atoms with van der Waals surface area (Å²) in [6.07, 6.45) is 10.8. The number of carboxylic acids is 1. The molecule has 0 aliphatic heterocycles. The zero-order chi connectivity index (χ0) is 26.9. The first kappa shape index (κ1) is 32.8. The van der Waals surface area contributed by atoms with Crippen molar-refractivity contribution in [2.45, 2.75) is 98.6 Å². The molecule has 7 nitrogen and oxygen atoms in total. The van der Waals surface area contributed by atoms with Crippen molar-refractivity contribution in [2.75, 3.05) is 18.1 Å². The largest absolute Gasteiger partial charge is 0.480 e. The van der Waals surface area contributed by atoms with Crippen LogP contribution in [0.2, 0.25) is 0 Å². The van der Waals surface area contributed by atoms with E-state index in [-0.39, 0.29) is 18.9 Å². The van der Waals surface area contributed by atoms with Crippen LogP contribution in [-0.4, -0.2) is 52.8 Å². The fourth-order valence-electron chi connectivity index (χ4n) is 2.92. The van der Waals surface area contributed by atoms with Crippen molar-refractivity contribution in [2.24, 2.45) is 0 Å². The van der Waals surface area contributed by atoms with Crippen molar-refractivity contribution in [3.8, 4) is 0 Å². The van der Waals surface area contributed by atoms with Gasteiger partial charge in [-0.25, -0.2) is 9.59 Å². The van der Waals surface area contributed by atoms with Crippen LogP contribution in [0.15, 0.2) is 34.9 Å². The molecule has 200 valence electrons. The maximum absolute atomic E-state index is 12.1. The van der Waals surface area contributed by atoms with Gasteiger partial charge in [-0.1, -0.05) is 34.9 Å². The van der Waals surface area contributed by atoms with Gasteiger partial charge in [0.05, 0.1) is 0 Å². The summed E-state index contributed by atoms with van der Waals surface area (Å²) in [5.74, 6) is -0.395. The van der Waals surface area contributed by atoms with E-state index < -0.39 is 23.7 Å².